The fraction of sp³-hybridized carbons (Fsp3) is 0.500. The van der Waals surface area contributed by atoms with Gasteiger partial charge >= 0.3 is 0 Å². The highest BCUT2D eigenvalue weighted by Gasteiger charge is 2.06. The van der Waals surface area contributed by atoms with Crippen LogP contribution in [0.4, 0.5) is 0 Å². The van der Waals surface area contributed by atoms with Crippen LogP contribution in [0.3, 0.4) is 0 Å². The Bertz CT molecular complexity index is 402. The molecule has 0 aliphatic rings. The first-order valence-electron chi connectivity index (χ1n) is 6.59. The van der Waals surface area contributed by atoms with Crippen molar-refractivity contribution in [3.63, 3.8) is 0 Å². The van der Waals surface area contributed by atoms with Crippen molar-refractivity contribution in [2.24, 2.45) is 5.92 Å². The van der Waals surface area contributed by atoms with Crippen molar-refractivity contribution < 1.29 is 9.59 Å². The number of Topliss-reactive ketones (excluding diaryl/α,β-unsaturated/α-hetero) is 2. The van der Waals surface area contributed by atoms with Gasteiger partial charge in [0.05, 0.1) is 0 Å². The van der Waals surface area contributed by atoms with E-state index in [9.17, 15) is 9.59 Å². The Kier molecular flexibility index (Phi) is 5.76. The van der Waals surface area contributed by atoms with Gasteiger partial charge in [0.1, 0.15) is 11.6 Å². The lowest BCUT2D eigenvalue weighted by Crippen LogP contribution is -2.06. The van der Waals surface area contributed by atoms with Gasteiger partial charge in [-0.25, -0.2) is 0 Å². The largest absolute Gasteiger partial charge is 0.300 e. The maximum absolute atomic E-state index is 11.5. The second-order valence-corrected chi connectivity index (χ2v) is 5.17. The average Bonchev–Trinajstić information content (AvgIpc) is 2.30. The molecule has 1 rings (SSSR count). The lowest BCUT2D eigenvalue weighted by atomic mass is 10.00. The Hall–Kier alpha value is -1.44. The Balaban J connectivity index is 2.39. The summed E-state index contributed by atoms with van der Waals surface area (Å²) in [6, 6.07) is 8.11. The normalized spacial score (nSPS) is 10.7. The highest BCUT2D eigenvalue weighted by molar-refractivity contribution is 5.80. The minimum absolute atomic E-state index is 0.142. The molecule has 0 unspecified atom stereocenters. The summed E-state index contributed by atoms with van der Waals surface area (Å²) in [6.07, 6.45) is 3.00. The van der Waals surface area contributed by atoms with Crippen LogP contribution in [-0.4, -0.2) is 11.6 Å². The highest BCUT2D eigenvalue weighted by atomic mass is 16.1. The predicted molar refractivity (Wildman–Crippen MR) is 73.6 cm³/mol. The number of benzene rings is 1. The Morgan fingerprint density at radius 1 is 1.06 bits per heavy atom. The first-order valence-corrected chi connectivity index (χ1v) is 6.59. The summed E-state index contributed by atoms with van der Waals surface area (Å²) >= 11 is 0. The third kappa shape index (κ3) is 5.26. The minimum atomic E-state index is 0.142. The monoisotopic (exact) mass is 246 g/mol. The number of hydrogen-bond acceptors (Lipinski definition) is 2. The van der Waals surface area contributed by atoms with E-state index in [0.29, 0.717) is 18.6 Å². The second-order valence-electron chi connectivity index (χ2n) is 5.17. The lowest BCUT2D eigenvalue weighted by molar-refractivity contribution is -0.122. The topological polar surface area (TPSA) is 34.1 Å². The first-order chi connectivity index (χ1) is 8.49. The van der Waals surface area contributed by atoms with Gasteiger partial charge in [0, 0.05) is 18.8 Å². The van der Waals surface area contributed by atoms with Gasteiger partial charge in [-0.1, -0.05) is 38.1 Å². The number of aryl methyl sites for hydroxylation is 1. The fourth-order valence-corrected chi connectivity index (χ4v) is 1.87. The Morgan fingerprint density at radius 2 is 1.61 bits per heavy atom. The third-order valence-electron chi connectivity index (χ3n) is 3.01. The molecule has 0 saturated heterocycles. The number of carbonyl (C=O) groups excluding carboxylic acids is 2. The van der Waals surface area contributed by atoms with Crippen molar-refractivity contribution in [2.75, 3.05) is 0 Å². The summed E-state index contributed by atoms with van der Waals surface area (Å²) < 4.78 is 0. The van der Waals surface area contributed by atoms with E-state index in [1.54, 1.807) is 6.92 Å². The lowest BCUT2D eigenvalue weighted by Gasteiger charge is -2.05. The van der Waals surface area contributed by atoms with E-state index in [-0.39, 0.29) is 11.7 Å². The van der Waals surface area contributed by atoms with E-state index in [2.05, 4.69) is 12.1 Å². The summed E-state index contributed by atoms with van der Waals surface area (Å²) in [5.41, 5.74) is 2.29. The molecule has 2 nitrogen and oxygen atoms in total. The summed E-state index contributed by atoms with van der Waals surface area (Å²) in [4.78, 5) is 22.4. The van der Waals surface area contributed by atoms with Crippen molar-refractivity contribution in [3.8, 4) is 0 Å². The van der Waals surface area contributed by atoms with Gasteiger partial charge in [0.15, 0.2) is 0 Å². The maximum atomic E-state index is 11.5. The van der Waals surface area contributed by atoms with Crippen molar-refractivity contribution in [1.29, 1.82) is 0 Å². The number of hydrogen-bond donors (Lipinski definition) is 0. The number of ketones is 2. The van der Waals surface area contributed by atoms with E-state index in [1.165, 1.54) is 5.56 Å². The molecule has 0 spiro atoms. The molecule has 0 aliphatic carbocycles. The molecule has 2 heteroatoms. The predicted octanol–water partition coefficient (Wildman–Crippen LogP) is 3.37. The zero-order valence-corrected chi connectivity index (χ0v) is 11.5. The third-order valence-corrected chi connectivity index (χ3v) is 3.01. The van der Waals surface area contributed by atoms with Gasteiger partial charge in [-0.3, -0.25) is 9.59 Å². The maximum Gasteiger partial charge on any atom is 0.135 e. The van der Waals surface area contributed by atoms with Crippen molar-refractivity contribution in [2.45, 2.75) is 46.5 Å². The van der Waals surface area contributed by atoms with Crippen molar-refractivity contribution in [1.82, 2.24) is 0 Å². The van der Waals surface area contributed by atoms with Crippen LogP contribution in [-0.2, 0) is 22.4 Å². The van der Waals surface area contributed by atoms with Crippen LogP contribution in [0.25, 0.3) is 0 Å². The smallest absolute Gasteiger partial charge is 0.135 e. The van der Waals surface area contributed by atoms with Gasteiger partial charge in [-0.05, 0) is 30.9 Å². The molecule has 0 atom stereocenters. The van der Waals surface area contributed by atoms with Gasteiger partial charge in [0.2, 0.25) is 0 Å². The van der Waals surface area contributed by atoms with E-state index in [4.69, 9.17) is 0 Å². The molecule has 0 bridgehead atoms. The van der Waals surface area contributed by atoms with Gasteiger partial charge in [0.25, 0.3) is 0 Å². The Labute approximate surface area is 109 Å². The molecule has 0 N–H and O–H groups in total. The standard InChI is InChI=1S/C16H22O2/c1-12(2)16(18)6-4-5-14-7-9-15(10-8-14)11-13(3)17/h7-10,12H,4-6,11H2,1-3H3. The molecular weight excluding hydrogens is 224 g/mol. The fourth-order valence-electron chi connectivity index (χ4n) is 1.87. The first kappa shape index (κ1) is 14.6. The molecule has 0 aromatic heterocycles. The van der Waals surface area contributed by atoms with Crippen LogP contribution in [0.1, 0.15) is 44.7 Å². The summed E-state index contributed by atoms with van der Waals surface area (Å²) in [7, 11) is 0. The summed E-state index contributed by atoms with van der Waals surface area (Å²) in [5, 5.41) is 0. The van der Waals surface area contributed by atoms with Crippen LogP contribution in [0.5, 0.6) is 0 Å². The highest BCUT2D eigenvalue weighted by Crippen LogP contribution is 2.10. The molecule has 0 amide bonds. The Morgan fingerprint density at radius 3 is 2.11 bits per heavy atom. The van der Waals surface area contributed by atoms with Crippen molar-refractivity contribution in [3.05, 3.63) is 35.4 Å². The van der Waals surface area contributed by atoms with Gasteiger partial charge in [-0.15, -0.1) is 0 Å². The summed E-state index contributed by atoms with van der Waals surface area (Å²) in [5.74, 6) is 0.663. The zero-order chi connectivity index (χ0) is 13.5. The molecule has 18 heavy (non-hydrogen) atoms. The number of carbonyl (C=O) groups is 2. The van der Waals surface area contributed by atoms with E-state index in [1.807, 2.05) is 26.0 Å². The molecule has 0 heterocycles. The van der Waals surface area contributed by atoms with Crippen LogP contribution in [0, 0.1) is 5.92 Å². The van der Waals surface area contributed by atoms with Crippen LogP contribution in [0.15, 0.2) is 24.3 Å². The average molecular weight is 246 g/mol. The van der Waals surface area contributed by atoms with Crippen LogP contribution in [0.2, 0.25) is 0 Å². The van der Waals surface area contributed by atoms with Crippen molar-refractivity contribution >= 4 is 11.6 Å². The van der Waals surface area contributed by atoms with Gasteiger partial charge < -0.3 is 0 Å². The number of rotatable bonds is 7. The van der Waals surface area contributed by atoms with E-state index >= 15 is 0 Å². The second kappa shape index (κ2) is 7.10. The molecule has 0 saturated carbocycles. The van der Waals surface area contributed by atoms with Crippen LogP contribution < -0.4 is 0 Å². The molecule has 98 valence electrons. The molecular formula is C16H22O2. The molecule has 0 aliphatic heterocycles. The van der Waals surface area contributed by atoms with E-state index in [0.717, 1.165) is 18.4 Å². The molecule has 0 fully saturated rings. The minimum Gasteiger partial charge on any atom is -0.300 e. The SMILES string of the molecule is CC(=O)Cc1ccc(CCCC(=O)C(C)C)cc1. The van der Waals surface area contributed by atoms with Crippen LogP contribution >= 0.6 is 0 Å². The zero-order valence-electron chi connectivity index (χ0n) is 11.5. The summed E-state index contributed by atoms with van der Waals surface area (Å²) in [6.45, 7) is 5.49. The molecule has 0 radical (unpaired) electrons. The van der Waals surface area contributed by atoms with E-state index < -0.39 is 0 Å². The molecule has 1 aromatic rings. The molecule has 1 aromatic carbocycles. The quantitative estimate of drug-likeness (QED) is 0.739. The van der Waals surface area contributed by atoms with Gasteiger partial charge in [-0.2, -0.15) is 0 Å².